The number of hydrogen-bond acceptors (Lipinski definition) is 6. The van der Waals surface area contributed by atoms with Crippen molar-refractivity contribution in [3.8, 4) is 5.75 Å². The van der Waals surface area contributed by atoms with Crippen LogP contribution >= 0.6 is 0 Å². The summed E-state index contributed by atoms with van der Waals surface area (Å²) in [6.07, 6.45) is 5.54. The van der Waals surface area contributed by atoms with E-state index in [4.69, 9.17) is 5.73 Å². The minimum atomic E-state index is -0.629. The molecule has 32 heavy (non-hydrogen) atoms. The fraction of sp³-hybridized carbons (Fsp3) is 0.667. The van der Waals surface area contributed by atoms with Crippen molar-refractivity contribution < 1.29 is 14.7 Å². The first-order valence-corrected chi connectivity index (χ1v) is 11.9. The maximum atomic E-state index is 12.7. The van der Waals surface area contributed by atoms with Crippen molar-refractivity contribution in [3.63, 3.8) is 0 Å². The molecule has 2 amide bonds. The van der Waals surface area contributed by atoms with E-state index in [2.05, 4.69) is 28.2 Å². The highest BCUT2D eigenvalue weighted by atomic mass is 16.3. The number of benzene rings is 1. The van der Waals surface area contributed by atoms with Crippen LogP contribution in [0.15, 0.2) is 24.3 Å². The van der Waals surface area contributed by atoms with Crippen LogP contribution in [-0.4, -0.2) is 61.7 Å². The minimum absolute atomic E-state index is 0.126. The Bertz CT molecular complexity index is 639. The van der Waals surface area contributed by atoms with E-state index in [1.807, 2.05) is 6.92 Å². The number of nitrogens with two attached hydrogens (primary N) is 1. The summed E-state index contributed by atoms with van der Waals surface area (Å²) in [5, 5.41) is 22.1. The molecule has 2 unspecified atom stereocenters. The summed E-state index contributed by atoms with van der Waals surface area (Å²) in [4.78, 5) is 24.8. The van der Waals surface area contributed by atoms with Gasteiger partial charge in [0.25, 0.3) is 0 Å². The summed E-state index contributed by atoms with van der Waals surface area (Å²) in [5.41, 5.74) is 6.37. The summed E-state index contributed by atoms with van der Waals surface area (Å²) in [5.74, 6) is -0.135. The number of carbonyl (C=O) groups excluding carboxylic acids is 2. The smallest absolute Gasteiger partial charge is 0.242 e. The molecule has 8 heteroatoms. The Balaban J connectivity index is 2.32. The quantitative estimate of drug-likeness (QED) is 0.188. The fourth-order valence-corrected chi connectivity index (χ4v) is 3.28. The van der Waals surface area contributed by atoms with Crippen molar-refractivity contribution in [2.24, 2.45) is 5.73 Å². The zero-order valence-electron chi connectivity index (χ0n) is 19.8. The molecule has 0 radical (unpaired) electrons. The van der Waals surface area contributed by atoms with Gasteiger partial charge in [-0.2, -0.15) is 0 Å². The number of phenolic OH excluding ortho intramolecular Hbond substituents is 1. The van der Waals surface area contributed by atoms with Crippen LogP contribution in [0.3, 0.4) is 0 Å². The van der Waals surface area contributed by atoms with Crippen molar-refractivity contribution in [1.82, 2.24) is 21.3 Å². The van der Waals surface area contributed by atoms with E-state index in [0.29, 0.717) is 25.4 Å². The average Bonchev–Trinajstić information content (AvgIpc) is 2.77. The lowest BCUT2D eigenvalue weighted by Crippen LogP contribution is -2.48. The van der Waals surface area contributed by atoms with Crippen LogP contribution in [0.25, 0.3) is 0 Å². The molecule has 0 aliphatic rings. The lowest BCUT2D eigenvalue weighted by Gasteiger charge is -2.19. The van der Waals surface area contributed by atoms with Gasteiger partial charge in [0.2, 0.25) is 11.8 Å². The number of phenols is 1. The minimum Gasteiger partial charge on any atom is -0.508 e. The Labute approximate surface area is 193 Å². The molecule has 0 aliphatic carbocycles. The average molecular weight is 450 g/mol. The molecule has 0 spiro atoms. The third-order valence-corrected chi connectivity index (χ3v) is 5.21. The van der Waals surface area contributed by atoms with Crippen LogP contribution in [0, 0.1) is 0 Å². The van der Waals surface area contributed by atoms with Crippen molar-refractivity contribution in [1.29, 1.82) is 0 Å². The van der Waals surface area contributed by atoms with E-state index in [0.717, 1.165) is 63.8 Å². The first-order chi connectivity index (χ1) is 15.5. The maximum Gasteiger partial charge on any atom is 0.242 e. The second-order valence-electron chi connectivity index (χ2n) is 8.27. The molecular weight excluding hydrogens is 406 g/mol. The van der Waals surface area contributed by atoms with E-state index in [1.165, 1.54) is 0 Å². The molecule has 0 aromatic heterocycles. The largest absolute Gasteiger partial charge is 0.508 e. The van der Waals surface area contributed by atoms with Gasteiger partial charge in [0.05, 0.1) is 0 Å². The standard InChI is InChI=1S/C24H43N5O3/c1-3-7-23(31)29-22(18-20-8-10-21(30)11-9-20)24(32)28-16-6-15-27-19(2)12-17-26-14-5-4-13-25/h8-11,19,22,26-27,30H,3-7,12-18,25H2,1-2H3,(H,28,32)(H,29,31). The molecule has 0 saturated heterocycles. The number of unbranched alkanes of at least 4 members (excludes halogenated alkanes) is 1. The molecule has 1 rings (SSSR count). The van der Waals surface area contributed by atoms with Crippen LogP contribution in [0.1, 0.15) is 57.9 Å². The van der Waals surface area contributed by atoms with Gasteiger partial charge in [-0.15, -0.1) is 0 Å². The highest BCUT2D eigenvalue weighted by Gasteiger charge is 2.20. The summed E-state index contributed by atoms with van der Waals surface area (Å²) >= 11 is 0. The summed E-state index contributed by atoms with van der Waals surface area (Å²) in [6.45, 7) is 8.20. The first-order valence-electron chi connectivity index (χ1n) is 11.9. The maximum absolute atomic E-state index is 12.7. The monoisotopic (exact) mass is 449 g/mol. The molecule has 8 nitrogen and oxygen atoms in total. The molecule has 0 aliphatic heterocycles. The Hall–Kier alpha value is -2.16. The van der Waals surface area contributed by atoms with E-state index in [1.54, 1.807) is 24.3 Å². The second kappa shape index (κ2) is 17.4. The Kier molecular flexibility index (Phi) is 15.2. The number of carbonyl (C=O) groups is 2. The molecule has 0 bridgehead atoms. The summed E-state index contributed by atoms with van der Waals surface area (Å²) < 4.78 is 0. The highest BCUT2D eigenvalue weighted by molar-refractivity contribution is 5.87. The lowest BCUT2D eigenvalue weighted by atomic mass is 10.0. The van der Waals surface area contributed by atoms with Gasteiger partial charge >= 0.3 is 0 Å². The zero-order chi connectivity index (χ0) is 23.6. The van der Waals surface area contributed by atoms with E-state index < -0.39 is 6.04 Å². The molecule has 7 N–H and O–H groups in total. The molecule has 0 heterocycles. The number of aromatic hydroxyl groups is 1. The molecule has 2 atom stereocenters. The number of nitrogens with one attached hydrogen (secondary N) is 4. The van der Waals surface area contributed by atoms with Gasteiger partial charge < -0.3 is 32.1 Å². The molecule has 0 fully saturated rings. The van der Waals surface area contributed by atoms with Crippen molar-refractivity contribution in [2.45, 2.75) is 70.9 Å². The van der Waals surface area contributed by atoms with Gasteiger partial charge in [-0.25, -0.2) is 0 Å². The van der Waals surface area contributed by atoms with Crippen molar-refractivity contribution in [2.75, 3.05) is 32.7 Å². The highest BCUT2D eigenvalue weighted by Crippen LogP contribution is 2.11. The topological polar surface area (TPSA) is 129 Å². The van der Waals surface area contributed by atoms with Crippen molar-refractivity contribution in [3.05, 3.63) is 29.8 Å². The van der Waals surface area contributed by atoms with Gasteiger partial charge in [-0.3, -0.25) is 9.59 Å². The van der Waals surface area contributed by atoms with Gasteiger partial charge in [0, 0.05) is 25.4 Å². The van der Waals surface area contributed by atoms with Gasteiger partial charge in [0.1, 0.15) is 11.8 Å². The fourth-order valence-electron chi connectivity index (χ4n) is 3.28. The molecule has 0 saturated carbocycles. The molecule has 1 aromatic carbocycles. The number of hydrogen-bond donors (Lipinski definition) is 6. The number of amides is 2. The normalized spacial score (nSPS) is 12.8. The SMILES string of the molecule is CCCC(=O)NC(Cc1ccc(O)cc1)C(=O)NCCCNC(C)CCNCCCCN. The van der Waals surface area contributed by atoms with E-state index in [-0.39, 0.29) is 17.6 Å². The van der Waals surface area contributed by atoms with Crippen LogP contribution < -0.4 is 27.0 Å². The Morgan fingerprint density at radius 1 is 1.03 bits per heavy atom. The third kappa shape index (κ3) is 13.3. The van der Waals surface area contributed by atoms with Gasteiger partial charge in [-0.1, -0.05) is 19.1 Å². The van der Waals surface area contributed by atoms with Gasteiger partial charge in [-0.05, 0) is 82.9 Å². The lowest BCUT2D eigenvalue weighted by molar-refractivity contribution is -0.129. The predicted molar refractivity (Wildman–Crippen MR) is 130 cm³/mol. The van der Waals surface area contributed by atoms with Crippen LogP contribution in [0.2, 0.25) is 0 Å². The van der Waals surface area contributed by atoms with Crippen LogP contribution in [0.4, 0.5) is 0 Å². The summed E-state index contributed by atoms with van der Waals surface area (Å²) in [7, 11) is 0. The predicted octanol–water partition coefficient (Wildman–Crippen LogP) is 1.42. The third-order valence-electron chi connectivity index (χ3n) is 5.21. The second-order valence-corrected chi connectivity index (χ2v) is 8.27. The summed E-state index contributed by atoms with van der Waals surface area (Å²) in [6, 6.07) is 6.47. The van der Waals surface area contributed by atoms with Crippen LogP contribution in [-0.2, 0) is 16.0 Å². The zero-order valence-corrected chi connectivity index (χ0v) is 19.8. The number of rotatable bonds is 18. The molecule has 182 valence electrons. The van der Waals surface area contributed by atoms with Gasteiger partial charge in [0.15, 0.2) is 0 Å². The van der Waals surface area contributed by atoms with E-state index >= 15 is 0 Å². The van der Waals surface area contributed by atoms with Crippen molar-refractivity contribution >= 4 is 11.8 Å². The van der Waals surface area contributed by atoms with E-state index in [9.17, 15) is 14.7 Å². The molecule has 1 aromatic rings. The Morgan fingerprint density at radius 3 is 2.47 bits per heavy atom. The Morgan fingerprint density at radius 2 is 1.78 bits per heavy atom. The van der Waals surface area contributed by atoms with Crippen LogP contribution in [0.5, 0.6) is 5.75 Å². The molecular formula is C24H43N5O3. The first kappa shape index (κ1) is 27.9.